The molecular formula is C31H39N5O4. The van der Waals surface area contributed by atoms with Crippen molar-refractivity contribution in [3.05, 3.63) is 96.5 Å². The zero-order valence-electron chi connectivity index (χ0n) is 24.0. The molecule has 3 aromatic rings. The Morgan fingerprint density at radius 1 is 1.07 bits per heavy atom. The summed E-state index contributed by atoms with van der Waals surface area (Å²) in [5.41, 5.74) is 3.97. The van der Waals surface area contributed by atoms with Crippen LogP contribution in [0.5, 0.6) is 0 Å². The maximum absolute atomic E-state index is 13.0. The summed E-state index contributed by atoms with van der Waals surface area (Å²) in [4.78, 5) is 31.2. The van der Waals surface area contributed by atoms with E-state index in [-0.39, 0.29) is 18.6 Å². The van der Waals surface area contributed by atoms with Gasteiger partial charge in [0.25, 0.3) is 0 Å². The second-order valence-corrected chi connectivity index (χ2v) is 10.1. The summed E-state index contributed by atoms with van der Waals surface area (Å²) in [6, 6.07) is 14.3. The van der Waals surface area contributed by atoms with E-state index >= 15 is 0 Å². The number of carbonyl (C=O) groups is 2. The average molecular weight is 546 g/mol. The highest BCUT2D eigenvalue weighted by Gasteiger charge is 2.22. The van der Waals surface area contributed by atoms with E-state index < -0.39 is 6.09 Å². The number of rotatable bonds is 14. The van der Waals surface area contributed by atoms with Gasteiger partial charge in [-0.05, 0) is 37.5 Å². The Morgan fingerprint density at radius 3 is 2.40 bits per heavy atom. The lowest BCUT2D eigenvalue weighted by molar-refractivity contribution is 0.103. The predicted molar refractivity (Wildman–Crippen MR) is 159 cm³/mol. The third-order valence-electron chi connectivity index (χ3n) is 6.23. The first-order valence-electron chi connectivity index (χ1n) is 13.1. The normalized spacial score (nSPS) is 11.6. The second kappa shape index (κ2) is 13.5. The van der Waals surface area contributed by atoms with Crippen molar-refractivity contribution in [2.75, 3.05) is 25.6 Å². The smallest absolute Gasteiger partial charge is 0.416 e. The zero-order chi connectivity index (χ0) is 29.4. The monoisotopic (exact) mass is 545 g/mol. The number of fused-ring (bicyclic) bond motifs is 1. The Hall–Kier alpha value is -4.53. The van der Waals surface area contributed by atoms with Crippen molar-refractivity contribution < 1.29 is 19.1 Å². The Morgan fingerprint density at radius 2 is 1.77 bits per heavy atom. The van der Waals surface area contributed by atoms with Gasteiger partial charge < -0.3 is 20.1 Å². The summed E-state index contributed by atoms with van der Waals surface area (Å²) in [7, 11) is 2.86. The second-order valence-electron chi connectivity index (χ2n) is 10.1. The van der Waals surface area contributed by atoms with Gasteiger partial charge in [0, 0.05) is 29.6 Å². The van der Waals surface area contributed by atoms with Crippen LogP contribution in [0.2, 0.25) is 0 Å². The summed E-state index contributed by atoms with van der Waals surface area (Å²) < 4.78 is 12.6. The molecule has 0 saturated carbocycles. The van der Waals surface area contributed by atoms with Crippen LogP contribution in [0.4, 0.5) is 10.7 Å². The first-order chi connectivity index (χ1) is 19.0. The summed E-state index contributed by atoms with van der Waals surface area (Å²) in [6.45, 7) is 18.8. The minimum atomic E-state index is -0.588. The van der Waals surface area contributed by atoms with E-state index in [1.807, 2.05) is 25.1 Å². The Kier molecular flexibility index (Phi) is 10.1. The van der Waals surface area contributed by atoms with E-state index in [9.17, 15) is 9.59 Å². The van der Waals surface area contributed by atoms with Gasteiger partial charge in [0.15, 0.2) is 12.5 Å². The number of imidazole rings is 1. The van der Waals surface area contributed by atoms with Crippen molar-refractivity contribution in [2.45, 2.75) is 40.0 Å². The van der Waals surface area contributed by atoms with Crippen molar-refractivity contribution in [1.82, 2.24) is 20.2 Å². The molecule has 9 heteroatoms. The van der Waals surface area contributed by atoms with Gasteiger partial charge in [0.1, 0.15) is 5.76 Å². The standard InChI is InChI=1S/C31H39N5O4/c1-20(2)16-26(33-21(3)4)23(6)32-18-22(5)40-19-36-28-15-14-25(29(37)24-12-10-9-11-13-24)17-27(28)34-30(36)35(7)31(38)39-8/h9-15,17,20,26,32-33H,3,5-6,16,18-19H2,1-2,4,7-8H3. The highest BCUT2D eigenvalue weighted by molar-refractivity contribution is 6.10. The number of nitrogens with zero attached hydrogens (tertiary/aromatic N) is 3. The number of hydrogen-bond donors (Lipinski definition) is 2. The van der Waals surface area contributed by atoms with Crippen molar-refractivity contribution in [3.8, 4) is 0 Å². The SMILES string of the molecule is C=C(C)NC(CC(C)C)C(=C)NCC(=C)OCn1c(N(C)C(=O)OC)nc2cc(C(=O)c3ccccc3)ccc21. The van der Waals surface area contributed by atoms with Crippen molar-refractivity contribution >= 4 is 28.9 Å². The van der Waals surface area contributed by atoms with E-state index in [1.54, 1.807) is 41.9 Å². The van der Waals surface area contributed by atoms with Gasteiger partial charge in [-0.3, -0.25) is 9.36 Å². The van der Waals surface area contributed by atoms with Gasteiger partial charge >= 0.3 is 6.09 Å². The molecule has 2 aromatic carbocycles. The maximum atomic E-state index is 13.0. The molecule has 0 radical (unpaired) electrons. The van der Waals surface area contributed by atoms with Gasteiger partial charge in [-0.1, -0.05) is 63.9 Å². The molecule has 40 heavy (non-hydrogen) atoms. The van der Waals surface area contributed by atoms with Crippen LogP contribution in [0.25, 0.3) is 11.0 Å². The fourth-order valence-electron chi connectivity index (χ4n) is 4.22. The van der Waals surface area contributed by atoms with Crippen molar-refractivity contribution in [2.24, 2.45) is 5.92 Å². The molecule has 0 aliphatic heterocycles. The first-order valence-corrected chi connectivity index (χ1v) is 13.1. The van der Waals surface area contributed by atoms with Crippen LogP contribution in [0.1, 0.15) is 43.1 Å². The van der Waals surface area contributed by atoms with Crippen LogP contribution >= 0.6 is 0 Å². The van der Waals surface area contributed by atoms with Crippen LogP contribution in [-0.4, -0.2) is 48.2 Å². The van der Waals surface area contributed by atoms with Crippen LogP contribution in [-0.2, 0) is 16.2 Å². The molecule has 0 saturated heterocycles. The lowest BCUT2D eigenvalue weighted by Gasteiger charge is -2.25. The molecule has 0 spiro atoms. The molecule has 1 heterocycles. The highest BCUT2D eigenvalue weighted by Crippen LogP contribution is 2.25. The topological polar surface area (TPSA) is 97.7 Å². The fourth-order valence-corrected chi connectivity index (χ4v) is 4.22. The largest absolute Gasteiger partial charge is 0.476 e. The minimum absolute atomic E-state index is 0.0241. The lowest BCUT2D eigenvalue weighted by Crippen LogP contribution is -2.36. The van der Waals surface area contributed by atoms with Gasteiger partial charge in [-0.25, -0.2) is 14.7 Å². The molecule has 1 unspecified atom stereocenters. The maximum Gasteiger partial charge on any atom is 0.416 e. The molecule has 0 bridgehead atoms. The number of carbonyl (C=O) groups excluding carboxylic acids is 2. The number of amides is 1. The molecule has 9 nitrogen and oxygen atoms in total. The number of aromatic nitrogens is 2. The quantitative estimate of drug-likeness (QED) is 0.201. The third kappa shape index (κ3) is 7.53. The van der Waals surface area contributed by atoms with E-state index in [0.717, 1.165) is 17.8 Å². The molecular weight excluding hydrogens is 506 g/mol. The van der Waals surface area contributed by atoms with E-state index in [2.05, 4.69) is 49.2 Å². The number of nitrogens with one attached hydrogen (secondary N) is 2. The summed E-state index contributed by atoms with van der Waals surface area (Å²) >= 11 is 0. The number of allylic oxidation sites excluding steroid dienone is 1. The first kappa shape index (κ1) is 30.0. The van der Waals surface area contributed by atoms with Crippen LogP contribution in [0.3, 0.4) is 0 Å². The Bertz CT molecular complexity index is 1390. The third-order valence-corrected chi connectivity index (χ3v) is 6.23. The number of benzene rings is 2. The average Bonchev–Trinajstić information content (AvgIpc) is 3.30. The molecule has 1 aromatic heterocycles. The highest BCUT2D eigenvalue weighted by atomic mass is 16.5. The van der Waals surface area contributed by atoms with Gasteiger partial charge in [0.2, 0.25) is 5.95 Å². The Labute approximate surface area is 236 Å². The number of anilines is 1. The Balaban J connectivity index is 1.79. The zero-order valence-corrected chi connectivity index (χ0v) is 24.0. The molecule has 3 rings (SSSR count). The van der Waals surface area contributed by atoms with Crippen LogP contribution < -0.4 is 15.5 Å². The van der Waals surface area contributed by atoms with Crippen LogP contribution in [0, 0.1) is 5.92 Å². The number of ketones is 1. The van der Waals surface area contributed by atoms with Crippen LogP contribution in [0.15, 0.2) is 85.4 Å². The van der Waals surface area contributed by atoms with Gasteiger partial charge in [-0.2, -0.15) is 0 Å². The van der Waals surface area contributed by atoms with E-state index in [4.69, 9.17) is 9.47 Å². The predicted octanol–water partition coefficient (Wildman–Crippen LogP) is 5.60. The fraction of sp³-hybridized carbons (Fsp3) is 0.323. The molecule has 1 amide bonds. The van der Waals surface area contributed by atoms with E-state index in [0.29, 0.717) is 46.3 Å². The molecule has 1 atom stereocenters. The van der Waals surface area contributed by atoms with Gasteiger partial charge in [-0.15, -0.1) is 0 Å². The van der Waals surface area contributed by atoms with Crippen molar-refractivity contribution in [1.29, 1.82) is 0 Å². The number of ether oxygens (including phenoxy) is 2. The molecule has 0 fully saturated rings. The molecule has 2 N–H and O–H groups in total. The van der Waals surface area contributed by atoms with Crippen molar-refractivity contribution in [3.63, 3.8) is 0 Å². The lowest BCUT2D eigenvalue weighted by atomic mass is 10.0. The molecule has 0 aliphatic carbocycles. The number of methoxy groups -OCH3 is 1. The number of hydrogen-bond acceptors (Lipinski definition) is 7. The molecule has 212 valence electrons. The summed E-state index contributed by atoms with van der Waals surface area (Å²) in [6.07, 6.45) is 0.306. The molecule has 0 aliphatic rings. The van der Waals surface area contributed by atoms with Gasteiger partial charge in [0.05, 0.1) is 30.7 Å². The minimum Gasteiger partial charge on any atom is -0.476 e. The summed E-state index contributed by atoms with van der Waals surface area (Å²) in [5, 5.41) is 6.65. The summed E-state index contributed by atoms with van der Waals surface area (Å²) in [5.74, 6) is 1.13. The van der Waals surface area contributed by atoms with E-state index in [1.165, 1.54) is 12.0 Å².